The lowest BCUT2D eigenvalue weighted by Gasteiger charge is -2.16. The van der Waals surface area contributed by atoms with Gasteiger partial charge in [-0.05, 0) is 27.7 Å². The van der Waals surface area contributed by atoms with Crippen LogP contribution in [0.15, 0.2) is 0 Å². The summed E-state index contributed by atoms with van der Waals surface area (Å²) in [6.45, 7) is 6.61. The van der Waals surface area contributed by atoms with Crippen molar-refractivity contribution in [2.45, 2.75) is 45.9 Å². The molecule has 0 saturated heterocycles. The predicted molar refractivity (Wildman–Crippen MR) is 59.7 cm³/mol. The van der Waals surface area contributed by atoms with Gasteiger partial charge in [-0.15, -0.1) is 12.4 Å². The molecule has 5 nitrogen and oxygen atoms in total. The smallest absolute Gasteiger partial charge is 0.328 e. The van der Waals surface area contributed by atoms with Gasteiger partial charge in [-0.25, -0.2) is 4.79 Å². The van der Waals surface area contributed by atoms with Crippen LogP contribution in [0.1, 0.15) is 27.7 Å². The van der Waals surface area contributed by atoms with E-state index in [1.165, 1.54) is 0 Å². The quantitative estimate of drug-likeness (QED) is 0.687. The minimum absolute atomic E-state index is 0. The molecule has 0 fully saturated rings. The molecule has 0 aromatic heterocycles. The van der Waals surface area contributed by atoms with Crippen molar-refractivity contribution in [2.75, 3.05) is 0 Å². The van der Waals surface area contributed by atoms with Gasteiger partial charge in [-0.1, -0.05) is 0 Å². The molecule has 0 rings (SSSR count). The maximum absolute atomic E-state index is 11.2. The molecule has 0 aromatic rings. The molecule has 0 bridgehead atoms. The molecule has 2 atom stereocenters. The number of amides is 1. The molecule has 0 aliphatic rings. The fourth-order valence-corrected chi connectivity index (χ4v) is 0.738. The minimum Gasteiger partial charge on any atom is -0.461 e. The Morgan fingerprint density at radius 2 is 1.67 bits per heavy atom. The number of esters is 1. The van der Waals surface area contributed by atoms with E-state index in [1.54, 1.807) is 27.7 Å². The summed E-state index contributed by atoms with van der Waals surface area (Å²) in [5, 5.41) is 2.45. The first-order valence-corrected chi connectivity index (χ1v) is 4.61. The van der Waals surface area contributed by atoms with Crippen molar-refractivity contribution in [3.05, 3.63) is 0 Å². The number of nitrogens with one attached hydrogen (secondary N) is 1. The first-order valence-electron chi connectivity index (χ1n) is 4.61. The molecule has 0 spiro atoms. The van der Waals surface area contributed by atoms with Gasteiger partial charge in [0.1, 0.15) is 6.04 Å². The Hall–Kier alpha value is -0.810. The summed E-state index contributed by atoms with van der Waals surface area (Å²) >= 11 is 0. The molecule has 0 unspecified atom stereocenters. The summed E-state index contributed by atoms with van der Waals surface area (Å²) in [6, 6.07) is -1.28. The number of hydrogen-bond acceptors (Lipinski definition) is 4. The van der Waals surface area contributed by atoms with Crippen LogP contribution in [0.3, 0.4) is 0 Å². The van der Waals surface area contributed by atoms with E-state index in [1.807, 2.05) is 0 Å². The molecule has 6 heteroatoms. The van der Waals surface area contributed by atoms with Crippen molar-refractivity contribution < 1.29 is 14.3 Å². The van der Waals surface area contributed by atoms with Gasteiger partial charge < -0.3 is 15.8 Å². The molecule has 15 heavy (non-hydrogen) atoms. The number of ether oxygens (including phenoxy) is 1. The fourth-order valence-electron chi connectivity index (χ4n) is 0.738. The molecule has 0 heterocycles. The van der Waals surface area contributed by atoms with Gasteiger partial charge in [-0.3, -0.25) is 4.79 Å². The number of carbonyl (C=O) groups is 2. The SMILES string of the molecule is CC(C)OC(=O)[C@H](C)NC(=O)[C@H](C)N.Cl. The largest absolute Gasteiger partial charge is 0.461 e. The standard InChI is InChI=1S/C9H18N2O3.ClH/c1-5(2)14-9(13)7(4)11-8(12)6(3)10;/h5-7H,10H2,1-4H3,(H,11,12);1H/t6-,7-;/m0./s1. The highest BCUT2D eigenvalue weighted by Gasteiger charge is 2.19. The molecule has 0 aliphatic heterocycles. The van der Waals surface area contributed by atoms with Crippen LogP contribution in [0.4, 0.5) is 0 Å². The molecule has 3 N–H and O–H groups in total. The zero-order valence-electron chi connectivity index (χ0n) is 9.44. The average Bonchev–Trinajstić information content (AvgIpc) is 2.02. The summed E-state index contributed by atoms with van der Waals surface area (Å²) < 4.78 is 4.90. The summed E-state index contributed by atoms with van der Waals surface area (Å²) in [5.74, 6) is -0.813. The van der Waals surface area contributed by atoms with Gasteiger partial charge in [0, 0.05) is 0 Å². The zero-order chi connectivity index (χ0) is 11.3. The molecular formula is C9H19ClN2O3. The van der Waals surface area contributed by atoms with Gasteiger partial charge >= 0.3 is 5.97 Å². The number of halogens is 1. The Morgan fingerprint density at radius 3 is 2.00 bits per heavy atom. The Labute approximate surface area is 96.1 Å². The highest BCUT2D eigenvalue weighted by molar-refractivity contribution is 5.86. The van der Waals surface area contributed by atoms with Gasteiger partial charge in [0.25, 0.3) is 0 Å². The Morgan fingerprint density at radius 1 is 1.20 bits per heavy atom. The summed E-state index contributed by atoms with van der Waals surface area (Å²) in [7, 11) is 0. The number of carbonyl (C=O) groups excluding carboxylic acids is 2. The average molecular weight is 239 g/mol. The lowest BCUT2D eigenvalue weighted by atomic mass is 10.3. The van der Waals surface area contributed by atoms with Crippen LogP contribution in [0, 0.1) is 0 Å². The van der Waals surface area contributed by atoms with Crippen LogP contribution in [0.2, 0.25) is 0 Å². The maximum atomic E-state index is 11.2. The molecule has 0 aliphatic carbocycles. The van der Waals surface area contributed by atoms with Crippen LogP contribution < -0.4 is 11.1 Å². The fraction of sp³-hybridized carbons (Fsp3) is 0.778. The van der Waals surface area contributed by atoms with Crippen LogP contribution in [-0.2, 0) is 14.3 Å². The predicted octanol–water partition coefficient (Wildman–Crippen LogP) is 0.212. The normalized spacial score (nSPS) is 13.7. The highest BCUT2D eigenvalue weighted by atomic mass is 35.5. The second kappa shape index (κ2) is 7.48. The van der Waals surface area contributed by atoms with E-state index in [-0.39, 0.29) is 24.4 Å². The van der Waals surface area contributed by atoms with Crippen LogP contribution in [0.25, 0.3) is 0 Å². The van der Waals surface area contributed by atoms with Gasteiger partial charge in [0.15, 0.2) is 0 Å². The van der Waals surface area contributed by atoms with Crippen molar-refractivity contribution in [1.82, 2.24) is 5.32 Å². The van der Waals surface area contributed by atoms with E-state index in [2.05, 4.69) is 5.32 Å². The van der Waals surface area contributed by atoms with E-state index in [0.29, 0.717) is 0 Å². The van der Waals surface area contributed by atoms with Crippen molar-refractivity contribution >= 4 is 24.3 Å². The van der Waals surface area contributed by atoms with Gasteiger partial charge in [-0.2, -0.15) is 0 Å². The summed E-state index contributed by atoms with van der Waals surface area (Å²) in [4.78, 5) is 22.3. The van der Waals surface area contributed by atoms with Crippen molar-refractivity contribution in [2.24, 2.45) is 5.73 Å². The third-order valence-electron chi connectivity index (χ3n) is 1.48. The molecule has 0 radical (unpaired) electrons. The Bertz CT molecular complexity index is 219. The van der Waals surface area contributed by atoms with E-state index in [4.69, 9.17) is 10.5 Å². The van der Waals surface area contributed by atoms with Gasteiger partial charge in [0.2, 0.25) is 5.91 Å². The zero-order valence-corrected chi connectivity index (χ0v) is 10.3. The van der Waals surface area contributed by atoms with Crippen molar-refractivity contribution in [3.8, 4) is 0 Å². The number of hydrogen-bond donors (Lipinski definition) is 2. The van der Waals surface area contributed by atoms with E-state index >= 15 is 0 Å². The van der Waals surface area contributed by atoms with E-state index in [9.17, 15) is 9.59 Å². The Kier molecular flexibility index (Phi) is 8.28. The third-order valence-corrected chi connectivity index (χ3v) is 1.48. The molecule has 90 valence electrons. The van der Waals surface area contributed by atoms with Gasteiger partial charge in [0.05, 0.1) is 12.1 Å². The second-order valence-corrected chi connectivity index (χ2v) is 3.50. The van der Waals surface area contributed by atoms with Crippen LogP contribution >= 0.6 is 12.4 Å². The lowest BCUT2D eigenvalue weighted by Crippen LogP contribution is -2.46. The summed E-state index contributed by atoms with van der Waals surface area (Å²) in [5.41, 5.74) is 5.32. The maximum Gasteiger partial charge on any atom is 0.328 e. The molecule has 0 aromatic carbocycles. The van der Waals surface area contributed by atoms with Crippen LogP contribution in [-0.4, -0.2) is 30.1 Å². The van der Waals surface area contributed by atoms with Crippen molar-refractivity contribution in [1.29, 1.82) is 0 Å². The lowest BCUT2D eigenvalue weighted by molar-refractivity contribution is -0.151. The monoisotopic (exact) mass is 238 g/mol. The van der Waals surface area contributed by atoms with Crippen LogP contribution in [0.5, 0.6) is 0 Å². The first kappa shape index (κ1) is 16.6. The molecule has 1 amide bonds. The molecular weight excluding hydrogens is 220 g/mol. The topological polar surface area (TPSA) is 81.4 Å². The number of rotatable bonds is 4. The first-order chi connectivity index (χ1) is 6.34. The molecule has 0 saturated carbocycles. The second-order valence-electron chi connectivity index (χ2n) is 3.50. The Balaban J connectivity index is 0. The minimum atomic E-state index is -0.657. The third kappa shape index (κ3) is 7.16. The highest BCUT2D eigenvalue weighted by Crippen LogP contribution is 1.94. The summed E-state index contributed by atoms with van der Waals surface area (Å²) in [6.07, 6.45) is -0.183. The number of nitrogens with two attached hydrogens (primary N) is 1. The van der Waals surface area contributed by atoms with E-state index < -0.39 is 18.1 Å². The van der Waals surface area contributed by atoms with E-state index in [0.717, 1.165) is 0 Å². The van der Waals surface area contributed by atoms with Crippen molar-refractivity contribution in [3.63, 3.8) is 0 Å².